The molecule has 2 heterocycles. The quantitative estimate of drug-likeness (QED) is 0.900. The zero-order valence-electron chi connectivity index (χ0n) is 10.4. The normalized spacial score (nSPS) is 15.0. The topological polar surface area (TPSA) is 60.2 Å². The molecule has 0 saturated heterocycles. The summed E-state index contributed by atoms with van der Waals surface area (Å²) >= 11 is 0. The molecule has 0 bridgehead atoms. The molecule has 0 saturated carbocycles. The van der Waals surface area contributed by atoms with Gasteiger partial charge in [0.2, 0.25) is 5.89 Å². The van der Waals surface area contributed by atoms with Crippen molar-refractivity contribution in [1.29, 1.82) is 0 Å². The van der Waals surface area contributed by atoms with Gasteiger partial charge in [-0.25, -0.2) is 0 Å². The lowest BCUT2D eigenvalue weighted by Crippen LogP contribution is -2.07. The van der Waals surface area contributed by atoms with Gasteiger partial charge in [-0.1, -0.05) is 5.16 Å². The van der Waals surface area contributed by atoms with Crippen LogP contribution >= 0.6 is 0 Å². The van der Waals surface area contributed by atoms with E-state index in [2.05, 4.69) is 21.5 Å². The van der Waals surface area contributed by atoms with Crippen LogP contribution in [-0.2, 0) is 6.42 Å². The Kier molecular flexibility index (Phi) is 2.66. The van der Waals surface area contributed by atoms with Crippen LogP contribution in [0.25, 0.3) is 0 Å². The molecule has 0 fully saturated rings. The van der Waals surface area contributed by atoms with E-state index in [1.54, 1.807) is 0 Å². The first-order chi connectivity index (χ1) is 8.72. The standard InChI is InChI=1S/C13H15N3O2/c1-8(13-15-9(2)16-18-13)14-11-3-4-12-10(7-11)5-6-17-12/h3-4,7-8,14H,5-6H2,1-2H3/t8-/m1/s1. The van der Waals surface area contributed by atoms with Crippen LogP contribution in [0.3, 0.4) is 0 Å². The highest BCUT2D eigenvalue weighted by Gasteiger charge is 2.15. The maximum absolute atomic E-state index is 5.48. The Morgan fingerprint density at radius 2 is 2.28 bits per heavy atom. The number of hydrogen-bond donors (Lipinski definition) is 1. The molecule has 0 aliphatic carbocycles. The molecular formula is C13H15N3O2. The van der Waals surface area contributed by atoms with Crippen molar-refractivity contribution in [2.75, 3.05) is 11.9 Å². The smallest absolute Gasteiger partial charge is 0.248 e. The number of nitrogens with zero attached hydrogens (tertiary/aromatic N) is 2. The first kappa shape index (κ1) is 11.1. The summed E-state index contributed by atoms with van der Waals surface area (Å²) in [5.74, 6) is 2.24. The second-order valence-corrected chi connectivity index (χ2v) is 4.47. The number of rotatable bonds is 3. The lowest BCUT2D eigenvalue weighted by Gasteiger charge is -2.12. The molecule has 1 aliphatic heterocycles. The summed E-state index contributed by atoms with van der Waals surface area (Å²) in [4.78, 5) is 4.21. The van der Waals surface area contributed by atoms with Crippen molar-refractivity contribution in [3.8, 4) is 5.75 Å². The van der Waals surface area contributed by atoms with Gasteiger partial charge in [0, 0.05) is 12.1 Å². The van der Waals surface area contributed by atoms with Crippen LogP contribution in [0.4, 0.5) is 5.69 Å². The van der Waals surface area contributed by atoms with Crippen LogP contribution in [-0.4, -0.2) is 16.7 Å². The lowest BCUT2D eigenvalue weighted by atomic mass is 10.1. The zero-order valence-corrected chi connectivity index (χ0v) is 10.4. The van der Waals surface area contributed by atoms with E-state index in [1.165, 1.54) is 5.56 Å². The Morgan fingerprint density at radius 1 is 1.39 bits per heavy atom. The number of aryl methyl sites for hydroxylation is 1. The van der Waals surface area contributed by atoms with E-state index in [0.717, 1.165) is 24.5 Å². The van der Waals surface area contributed by atoms with E-state index < -0.39 is 0 Å². The van der Waals surface area contributed by atoms with E-state index >= 15 is 0 Å². The van der Waals surface area contributed by atoms with Crippen LogP contribution in [0.1, 0.15) is 30.2 Å². The number of nitrogens with one attached hydrogen (secondary N) is 1. The first-order valence-electron chi connectivity index (χ1n) is 6.05. The van der Waals surface area contributed by atoms with Crippen LogP contribution in [0.5, 0.6) is 5.75 Å². The van der Waals surface area contributed by atoms with Gasteiger partial charge in [-0.15, -0.1) is 0 Å². The Labute approximate surface area is 105 Å². The van der Waals surface area contributed by atoms with Gasteiger partial charge >= 0.3 is 0 Å². The van der Waals surface area contributed by atoms with Crippen molar-refractivity contribution in [2.24, 2.45) is 0 Å². The first-order valence-corrected chi connectivity index (χ1v) is 6.05. The van der Waals surface area contributed by atoms with Crippen molar-refractivity contribution < 1.29 is 9.26 Å². The van der Waals surface area contributed by atoms with Crippen molar-refractivity contribution in [1.82, 2.24) is 10.1 Å². The fourth-order valence-corrected chi connectivity index (χ4v) is 2.08. The minimum Gasteiger partial charge on any atom is -0.493 e. The highest BCUT2D eigenvalue weighted by Crippen LogP contribution is 2.29. The van der Waals surface area contributed by atoms with Gasteiger partial charge in [0.05, 0.1) is 6.61 Å². The third-order valence-electron chi connectivity index (χ3n) is 2.99. The van der Waals surface area contributed by atoms with E-state index in [0.29, 0.717) is 11.7 Å². The molecule has 0 radical (unpaired) electrons. The fraction of sp³-hybridized carbons (Fsp3) is 0.385. The van der Waals surface area contributed by atoms with Crippen LogP contribution in [0, 0.1) is 6.92 Å². The van der Waals surface area contributed by atoms with E-state index in [4.69, 9.17) is 9.26 Å². The Hall–Kier alpha value is -2.04. The SMILES string of the molecule is Cc1noc([C@@H](C)Nc2ccc3c(c2)CCO3)n1. The number of anilines is 1. The summed E-state index contributed by atoms with van der Waals surface area (Å²) in [6, 6.07) is 6.11. The molecule has 5 nitrogen and oxygen atoms in total. The summed E-state index contributed by atoms with van der Waals surface area (Å²) in [5, 5.41) is 7.14. The zero-order chi connectivity index (χ0) is 12.5. The molecular weight excluding hydrogens is 230 g/mol. The number of benzene rings is 1. The van der Waals surface area contributed by atoms with Gasteiger partial charge in [0.15, 0.2) is 5.82 Å². The van der Waals surface area contributed by atoms with Gasteiger partial charge in [-0.2, -0.15) is 4.98 Å². The molecule has 18 heavy (non-hydrogen) atoms. The van der Waals surface area contributed by atoms with Crippen molar-refractivity contribution in [2.45, 2.75) is 26.3 Å². The van der Waals surface area contributed by atoms with Crippen LogP contribution in [0.15, 0.2) is 22.7 Å². The predicted molar refractivity (Wildman–Crippen MR) is 66.7 cm³/mol. The highest BCUT2D eigenvalue weighted by molar-refractivity contribution is 5.53. The van der Waals surface area contributed by atoms with Crippen molar-refractivity contribution in [3.05, 3.63) is 35.5 Å². The van der Waals surface area contributed by atoms with Gasteiger partial charge in [-0.05, 0) is 37.6 Å². The molecule has 1 aromatic carbocycles. The number of fused-ring (bicyclic) bond motifs is 1. The lowest BCUT2D eigenvalue weighted by molar-refractivity contribution is 0.357. The molecule has 2 aromatic rings. The minimum atomic E-state index is -0.00780. The average Bonchev–Trinajstić information content (AvgIpc) is 2.96. The number of aromatic nitrogens is 2. The van der Waals surface area contributed by atoms with E-state index in [-0.39, 0.29) is 6.04 Å². The van der Waals surface area contributed by atoms with E-state index in [1.807, 2.05) is 26.0 Å². The van der Waals surface area contributed by atoms with Crippen LogP contribution in [0.2, 0.25) is 0 Å². The molecule has 0 amide bonds. The van der Waals surface area contributed by atoms with Crippen molar-refractivity contribution in [3.63, 3.8) is 0 Å². The molecule has 94 valence electrons. The van der Waals surface area contributed by atoms with E-state index in [9.17, 15) is 0 Å². The molecule has 1 atom stereocenters. The molecule has 1 aliphatic rings. The summed E-state index contributed by atoms with van der Waals surface area (Å²) in [6.07, 6.45) is 0.971. The summed E-state index contributed by atoms with van der Waals surface area (Å²) in [6.45, 7) is 4.58. The summed E-state index contributed by atoms with van der Waals surface area (Å²) < 4.78 is 10.6. The van der Waals surface area contributed by atoms with Crippen molar-refractivity contribution >= 4 is 5.69 Å². The second kappa shape index (κ2) is 4.33. The Morgan fingerprint density at radius 3 is 3.06 bits per heavy atom. The Balaban J connectivity index is 1.76. The maximum Gasteiger partial charge on any atom is 0.248 e. The predicted octanol–water partition coefficient (Wildman–Crippen LogP) is 2.49. The van der Waals surface area contributed by atoms with Crippen LogP contribution < -0.4 is 10.1 Å². The molecule has 0 spiro atoms. The third kappa shape index (κ3) is 2.03. The number of ether oxygens (including phenoxy) is 1. The third-order valence-corrected chi connectivity index (χ3v) is 2.99. The fourth-order valence-electron chi connectivity index (χ4n) is 2.08. The molecule has 1 N–H and O–H groups in total. The molecule has 0 unspecified atom stereocenters. The Bertz CT molecular complexity index is 565. The number of hydrogen-bond acceptors (Lipinski definition) is 5. The monoisotopic (exact) mass is 245 g/mol. The minimum absolute atomic E-state index is 0.00780. The maximum atomic E-state index is 5.48. The van der Waals surface area contributed by atoms with Gasteiger partial charge < -0.3 is 14.6 Å². The highest BCUT2D eigenvalue weighted by atomic mass is 16.5. The molecule has 3 rings (SSSR count). The van der Waals surface area contributed by atoms with Gasteiger partial charge in [0.1, 0.15) is 11.8 Å². The summed E-state index contributed by atoms with van der Waals surface area (Å²) in [5.41, 5.74) is 2.29. The molecule has 1 aromatic heterocycles. The average molecular weight is 245 g/mol. The molecule has 5 heteroatoms. The second-order valence-electron chi connectivity index (χ2n) is 4.47. The van der Waals surface area contributed by atoms with Gasteiger partial charge in [-0.3, -0.25) is 0 Å². The largest absolute Gasteiger partial charge is 0.493 e. The van der Waals surface area contributed by atoms with Gasteiger partial charge in [0.25, 0.3) is 0 Å². The summed E-state index contributed by atoms with van der Waals surface area (Å²) in [7, 11) is 0.